The molecule has 0 aromatic heterocycles. The number of halogens is 4. The number of ketones is 3. The molecule has 0 bridgehead atoms. The van der Waals surface area contributed by atoms with E-state index in [0.717, 1.165) is 55.2 Å². The predicted molar refractivity (Wildman–Crippen MR) is 259 cm³/mol. The van der Waals surface area contributed by atoms with Gasteiger partial charge in [-0.05, 0) is 122 Å². The molecule has 322 valence electrons. The lowest BCUT2D eigenvalue weighted by atomic mass is 9.75. The van der Waals surface area contributed by atoms with E-state index in [2.05, 4.69) is 78.9 Å². The van der Waals surface area contributed by atoms with Crippen LogP contribution in [0.3, 0.4) is 0 Å². The third-order valence-electron chi connectivity index (χ3n) is 13.0. The summed E-state index contributed by atoms with van der Waals surface area (Å²) in [4.78, 5) is 36.3. The average molecular weight is 885 g/mol. The first-order chi connectivity index (χ1) is 32.5. The van der Waals surface area contributed by atoms with Crippen molar-refractivity contribution in [3.8, 4) is 0 Å². The molecule has 0 aliphatic heterocycles. The van der Waals surface area contributed by atoms with E-state index in [1.165, 1.54) is 55.2 Å². The van der Waals surface area contributed by atoms with Crippen LogP contribution >= 0.6 is 0 Å². The van der Waals surface area contributed by atoms with Gasteiger partial charge in [0.1, 0.15) is 29.1 Å². The molecule has 0 saturated carbocycles. The summed E-state index contributed by atoms with van der Waals surface area (Å²) in [5.74, 6) is -4.32. The summed E-state index contributed by atoms with van der Waals surface area (Å²) >= 11 is 0. The monoisotopic (exact) mass is 884 g/mol. The topological polar surface area (TPSA) is 91.7 Å². The lowest BCUT2D eigenvalue weighted by molar-refractivity contribution is -0.117. The van der Waals surface area contributed by atoms with Crippen LogP contribution in [0.15, 0.2) is 164 Å². The van der Waals surface area contributed by atoms with Crippen molar-refractivity contribution in [3.63, 3.8) is 0 Å². The van der Waals surface area contributed by atoms with Crippen molar-refractivity contribution in [2.45, 2.75) is 12.8 Å². The van der Waals surface area contributed by atoms with Gasteiger partial charge in [-0.2, -0.15) is 0 Å². The Hall–Kier alpha value is -8.05. The highest BCUT2D eigenvalue weighted by atomic mass is 19.1. The van der Waals surface area contributed by atoms with Gasteiger partial charge in [0, 0.05) is 41.5 Å². The Bertz CT molecular complexity index is 3830. The van der Waals surface area contributed by atoms with Crippen molar-refractivity contribution in [1.82, 2.24) is 0 Å². The smallest absolute Gasteiger partial charge is 0.423 e. The minimum atomic E-state index is -1.47. The van der Waals surface area contributed by atoms with E-state index in [4.69, 9.17) is 0 Å². The first-order valence-electron chi connectivity index (χ1n) is 21.5. The Balaban J connectivity index is 0.000000111. The molecule has 12 aromatic rings. The summed E-state index contributed by atoms with van der Waals surface area (Å²) in [5, 5.41) is 37.5. The van der Waals surface area contributed by atoms with Crippen molar-refractivity contribution in [2.24, 2.45) is 0 Å². The Morgan fingerprint density at radius 3 is 1.21 bits per heavy atom. The molecule has 12 aromatic carbocycles. The van der Waals surface area contributed by atoms with E-state index in [1.807, 2.05) is 48.5 Å². The maximum absolute atomic E-state index is 13.4. The maximum atomic E-state index is 13.4. The molecule has 13 rings (SSSR count). The van der Waals surface area contributed by atoms with Crippen LogP contribution in [0.5, 0.6) is 0 Å². The molecule has 0 unspecified atom stereocenters. The molecule has 0 spiro atoms. The van der Waals surface area contributed by atoms with E-state index in [9.17, 15) is 42.0 Å². The molecule has 1 aliphatic rings. The zero-order valence-electron chi connectivity index (χ0n) is 35.2. The zero-order valence-corrected chi connectivity index (χ0v) is 35.2. The molecule has 0 atom stereocenters. The molecule has 1 aliphatic carbocycles. The molecule has 0 heterocycles. The van der Waals surface area contributed by atoms with E-state index < -0.39 is 36.2 Å². The van der Waals surface area contributed by atoms with E-state index in [1.54, 1.807) is 0 Å². The average Bonchev–Trinajstić information content (AvgIpc) is 3.58. The van der Waals surface area contributed by atoms with Gasteiger partial charge in [-0.25, -0.2) is 17.6 Å². The van der Waals surface area contributed by atoms with Crippen LogP contribution in [0.2, 0.25) is 0 Å². The minimum Gasteiger partial charge on any atom is -0.423 e. The van der Waals surface area contributed by atoms with Crippen molar-refractivity contribution in [3.05, 3.63) is 209 Å². The second kappa shape index (κ2) is 16.1. The Morgan fingerprint density at radius 1 is 0.403 bits per heavy atom. The number of Topliss-reactive ketones (excluding diaryl/α,β-unsaturated/α-hetero) is 3. The standard InChI is InChI=1S/C22H10O2.C20H13BO2.C15H10F4O/c23-21-16-9-7-14-12-5-1-3-11-4-2-6-13(18(11)12)15-8-10-17(22(21)24)20(16)19(14)15;22-21(23)18-11-10-16-14-7-2-5-12-4-1-6-13(19(12)14)15-8-3-9-17(18)20(15)16;16-11-3-1-9(14(18)7-11)5-13(20)6-10-2-4-12(17)8-15(10)19/h1-10H;1-11,22-23H;1-4,7-8H,5-6H2. The molecular formula is C57H33BF4O5. The third kappa shape index (κ3) is 6.83. The first-order valence-corrected chi connectivity index (χ1v) is 21.5. The summed E-state index contributed by atoms with van der Waals surface area (Å²) < 4.78 is 52.2. The van der Waals surface area contributed by atoms with Gasteiger partial charge in [-0.3, -0.25) is 14.4 Å². The summed E-state index contributed by atoms with van der Waals surface area (Å²) in [6.07, 6.45) is -0.550. The Labute approximate surface area is 378 Å². The fourth-order valence-electron chi connectivity index (χ4n) is 10.1. The maximum Gasteiger partial charge on any atom is 0.489 e. The molecule has 5 nitrogen and oxygen atoms in total. The van der Waals surface area contributed by atoms with Crippen LogP contribution in [-0.4, -0.2) is 34.5 Å². The molecule has 67 heavy (non-hydrogen) atoms. The van der Waals surface area contributed by atoms with Crippen LogP contribution in [0.1, 0.15) is 31.8 Å². The number of benzene rings is 12. The molecule has 2 N–H and O–H groups in total. The number of fused-ring (bicyclic) bond motifs is 4. The molecule has 0 fully saturated rings. The van der Waals surface area contributed by atoms with Crippen LogP contribution in [0.4, 0.5) is 17.6 Å². The summed E-state index contributed by atoms with van der Waals surface area (Å²) in [7, 11) is -1.47. The first kappa shape index (κ1) is 41.6. The largest absolute Gasteiger partial charge is 0.489 e. The van der Waals surface area contributed by atoms with Crippen LogP contribution in [-0.2, 0) is 17.6 Å². The zero-order chi connectivity index (χ0) is 46.2. The molecule has 10 heteroatoms. The molecular weight excluding hydrogens is 851 g/mol. The SMILES string of the molecule is O=C(Cc1ccc(F)cc1F)Cc1ccc(F)cc1F.O=C1C(=O)c2ccc3c4cccc5cccc(c6ccc1c2c63)c54.OB(O)c1ccc2c3cccc4cccc(c5cccc1c52)c43. The van der Waals surface area contributed by atoms with Crippen LogP contribution in [0, 0.1) is 23.3 Å². The summed E-state index contributed by atoms with van der Waals surface area (Å²) in [6.45, 7) is 0. The van der Waals surface area contributed by atoms with Gasteiger partial charge in [0.25, 0.3) is 0 Å². The normalized spacial score (nSPS) is 12.3. The lowest BCUT2D eigenvalue weighted by Crippen LogP contribution is -2.30. The molecule has 0 saturated heterocycles. The van der Waals surface area contributed by atoms with Crippen LogP contribution in [0.25, 0.3) is 86.2 Å². The second-order valence-electron chi connectivity index (χ2n) is 16.8. The fraction of sp³-hybridized carbons (Fsp3) is 0.0351. The Morgan fingerprint density at radius 2 is 0.776 bits per heavy atom. The van der Waals surface area contributed by atoms with Crippen molar-refractivity contribution >= 4 is 116 Å². The fourth-order valence-corrected chi connectivity index (χ4v) is 10.1. The van der Waals surface area contributed by atoms with Gasteiger partial charge >= 0.3 is 7.12 Å². The minimum absolute atomic E-state index is 0.0407. The predicted octanol–water partition coefficient (Wildman–Crippen LogP) is 12.1. The summed E-state index contributed by atoms with van der Waals surface area (Å²) in [6, 6.07) is 48.6. The summed E-state index contributed by atoms with van der Waals surface area (Å²) in [5.41, 5.74) is 1.72. The molecule has 0 radical (unpaired) electrons. The van der Waals surface area contributed by atoms with E-state index in [-0.39, 0.29) is 35.5 Å². The lowest BCUT2D eigenvalue weighted by Gasteiger charge is -2.16. The highest BCUT2D eigenvalue weighted by Gasteiger charge is 2.32. The van der Waals surface area contributed by atoms with Gasteiger partial charge in [0.05, 0.1) is 0 Å². The quantitative estimate of drug-likeness (QED) is 0.0591. The molecule has 0 amide bonds. The highest BCUT2D eigenvalue weighted by Crippen LogP contribution is 2.44. The van der Waals surface area contributed by atoms with E-state index >= 15 is 0 Å². The number of rotatable bonds is 5. The van der Waals surface area contributed by atoms with E-state index in [0.29, 0.717) is 28.7 Å². The van der Waals surface area contributed by atoms with Gasteiger partial charge in [0.2, 0.25) is 11.6 Å². The second-order valence-corrected chi connectivity index (χ2v) is 16.8. The van der Waals surface area contributed by atoms with Crippen LogP contribution < -0.4 is 5.46 Å². The number of carbonyl (C=O) groups excluding carboxylic acids is 3. The number of carbonyl (C=O) groups is 3. The Kier molecular flexibility index (Phi) is 10.0. The number of hydrogen-bond acceptors (Lipinski definition) is 5. The number of hydrogen-bond donors (Lipinski definition) is 2. The third-order valence-corrected chi connectivity index (χ3v) is 13.0. The van der Waals surface area contributed by atoms with Gasteiger partial charge in [-0.15, -0.1) is 0 Å². The van der Waals surface area contributed by atoms with Crippen molar-refractivity contribution < 1.29 is 42.0 Å². The van der Waals surface area contributed by atoms with Gasteiger partial charge in [-0.1, -0.05) is 127 Å². The highest BCUT2D eigenvalue weighted by molar-refractivity contribution is 6.63. The van der Waals surface area contributed by atoms with Gasteiger partial charge < -0.3 is 10.0 Å². The van der Waals surface area contributed by atoms with Crippen molar-refractivity contribution in [2.75, 3.05) is 0 Å². The van der Waals surface area contributed by atoms with Gasteiger partial charge in [0.15, 0.2) is 0 Å². The van der Waals surface area contributed by atoms with Crippen molar-refractivity contribution in [1.29, 1.82) is 0 Å².